The fourth-order valence-electron chi connectivity index (χ4n) is 2.32. The van der Waals surface area contributed by atoms with Gasteiger partial charge in [-0.2, -0.15) is 0 Å². The third-order valence-corrected chi connectivity index (χ3v) is 4.40. The first kappa shape index (κ1) is 13.6. The lowest BCUT2D eigenvalue weighted by atomic mass is 9.93. The van der Waals surface area contributed by atoms with Gasteiger partial charge in [-0.05, 0) is 42.0 Å². The summed E-state index contributed by atoms with van der Waals surface area (Å²) in [6.45, 7) is 0. The SMILES string of the molecule is Clc1cc(C(c2ccc[nH]2)c2ccc[nH]2)cc(Cl)c1Cl. The summed E-state index contributed by atoms with van der Waals surface area (Å²) >= 11 is 18.3. The zero-order valence-electron chi connectivity index (χ0n) is 10.3. The van der Waals surface area contributed by atoms with E-state index in [1.54, 1.807) is 0 Å². The van der Waals surface area contributed by atoms with E-state index in [1.807, 2.05) is 48.8 Å². The van der Waals surface area contributed by atoms with Crippen LogP contribution in [0, 0.1) is 0 Å². The van der Waals surface area contributed by atoms with Gasteiger partial charge in [-0.3, -0.25) is 0 Å². The maximum atomic E-state index is 6.15. The Hall–Kier alpha value is -1.35. The van der Waals surface area contributed by atoms with Crippen molar-refractivity contribution in [2.75, 3.05) is 0 Å². The van der Waals surface area contributed by atoms with Crippen LogP contribution in [-0.2, 0) is 0 Å². The second-order valence-electron chi connectivity index (χ2n) is 4.48. The monoisotopic (exact) mass is 324 g/mol. The molecule has 1 aromatic carbocycles. The minimum Gasteiger partial charge on any atom is -0.364 e. The van der Waals surface area contributed by atoms with Crippen molar-refractivity contribution >= 4 is 34.8 Å². The highest BCUT2D eigenvalue weighted by Gasteiger charge is 2.20. The van der Waals surface area contributed by atoms with Gasteiger partial charge in [-0.25, -0.2) is 0 Å². The van der Waals surface area contributed by atoms with Crippen LogP contribution in [0.4, 0.5) is 0 Å². The highest BCUT2D eigenvalue weighted by atomic mass is 35.5. The van der Waals surface area contributed by atoms with Gasteiger partial charge >= 0.3 is 0 Å². The molecule has 0 unspecified atom stereocenters. The summed E-state index contributed by atoms with van der Waals surface area (Å²) in [4.78, 5) is 6.48. The first-order valence-corrected chi connectivity index (χ1v) is 7.21. The maximum Gasteiger partial charge on any atom is 0.0778 e. The molecule has 2 nitrogen and oxygen atoms in total. The zero-order chi connectivity index (χ0) is 14.1. The number of benzene rings is 1. The number of hydrogen-bond donors (Lipinski definition) is 2. The molecule has 0 fully saturated rings. The zero-order valence-corrected chi connectivity index (χ0v) is 12.6. The molecule has 0 bridgehead atoms. The van der Waals surface area contributed by atoms with E-state index in [0.29, 0.717) is 15.1 Å². The molecular formula is C15H11Cl3N2. The molecular weight excluding hydrogens is 315 g/mol. The van der Waals surface area contributed by atoms with E-state index in [-0.39, 0.29) is 5.92 Å². The van der Waals surface area contributed by atoms with Crippen LogP contribution in [0.2, 0.25) is 15.1 Å². The van der Waals surface area contributed by atoms with Crippen LogP contribution in [0.1, 0.15) is 22.9 Å². The maximum absolute atomic E-state index is 6.15. The lowest BCUT2D eigenvalue weighted by Gasteiger charge is -2.16. The van der Waals surface area contributed by atoms with E-state index < -0.39 is 0 Å². The molecule has 0 spiro atoms. The molecule has 0 radical (unpaired) electrons. The van der Waals surface area contributed by atoms with Crippen molar-refractivity contribution < 1.29 is 0 Å². The predicted octanol–water partition coefficient (Wildman–Crippen LogP) is 5.48. The summed E-state index contributed by atoms with van der Waals surface area (Å²) in [6.07, 6.45) is 3.79. The van der Waals surface area contributed by atoms with Crippen molar-refractivity contribution in [3.63, 3.8) is 0 Å². The highest BCUT2D eigenvalue weighted by Crippen LogP contribution is 2.37. The topological polar surface area (TPSA) is 31.6 Å². The summed E-state index contributed by atoms with van der Waals surface area (Å²) in [5.74, 6) is 0.00673. The van der Waals surface area contributed by atoms with E-state index >= 15 is 0 Å². The molecule has 0 saturated heterocycles. The summed E-state index contributed by atoms with van der Waals surface area (Å²) < 4.78 is 0. The quantitative estimate of drug-likeness (QED) is 0.597. The average Bonchev–Trinajstić information content (AvgIpc) is 3.09. The van der Waals surface area contributed by atoms with Crippen LogP contribution >= 0.6 is 34.8 Å². The van der Waals surface area contributed by atoms with Gasteiger partial charge in [0.2, 0.25) is 0 Å². The molecule has 2 N–H and O–H groups in total. The first-order valence-electron chi connectivity index (χ1n) is 6.08. The number of H-pyrrole nitrogens is 2. The lowest BCUT2D eigenvalue weighted by Crippen LogP contribution is -2.04. The van der Waals surface area contributed by atoms with E-state index in [9.17, 15) is 0 Å². The van der Waals surface area contributed by atoms with Gasteiger partial charge in [0.25, 0.3) is 0 Å². The predicted molar refractivity (Wildman–Crippen MR) is 84.0 cm³/mol. The van der Waals surface area contributed by atoms with Gasteiger partial charge < -0.3 is 9.97 Å². The number of rotatable bonds is 3. The summed E-state index contributed by atoms with van der Waals surface area (Å²) in [7, 11) is 0. The molecule has 0 atom stereocenters. The van der Waals surface area contributed by atoms with Crippen molar-refractivity contribution in [3.05, 3.63) is 80.8 Å². The van der Waals surface area contributed by atoms with Crippen LogP contribution in [0.25, 0.3) is 0 Å². The molecule has 3 aromatic rings. The smallest absolute Gasteiger partial charge is 0.0778 e. The van der Waals surface area contributed by atoms with Gasteiger partial charge in [0.05, 0.1) is 21.0 Å². The van der Waals surface area contributed by atoms with Crippen LogP contribution < -0.4 is 0 Å². The number of nitrogens with one attached hydrogen (secondary N) is 2. The van der Waals surface area contributed by atoms with Crippen LogP contribution in [-0.4, -0.2) is 9.97 Å². The van der Waals surface area contributed by atoms with Crippen molar-refractivity contribution in [1.29, 1.82) is 0 Å². The Bertz CT molecular complexity index is 646. The molecule has 0 aliphatic carbocycles. The van der Waals surface area contributed by atoms with E-state index in [2.05, 4.69) is 9.97 Å². The molecule has 3 rings (SSSR count). The Morgan fingerprint density at radius 2 is 1.30 bits per heavy atom. The van der Waals surface area contributed by atoms with Gasteiger partial charge in [0, 0.05) is 23.8 Å². The molecule has 0 amide bonds. The second kappa shape index (κ2) is 5.57. The molecule has 0 aliphatic rings. The number of aromatic amines is 2. The minimum absolute atomic E-state index is 0.00673. The van der Waals surface area contributed by atoms with Crippen molar-refractivity contribution in [1.82, 2.24) is 9.97 Å². The average molecular weight is 326 g/mol. The largest absolute Gasteiger partial charge is 0.364 e. The van der Waals surface area contributed by atoms with Gasteiger partial charge in [-0.1, -0.05) is 34.8 Å². The van der Waals surface area contributed by atoms with Crippen molar-refractivity contribution in [2.24, 2.45) is 0 Å². The molecule has 20 heavy (non-hydrogen) atoms. The van der Waals surface area contributed by atoms with Crippen molar-refractivity contribution in [2.45, 2.75) is 5.92 Å². The molecule has 102 valence electrons. The Morgan fingerprint density at radius 3 is 1.70 bits per heavy atom. The molecule has 0 aliphatic heterocycles. The number of aromatic nitrogens is 2. The van der Waals surface area contributed by atoms with Gasteiger partial charge in [0.15, 0.2) is 0 Å². The third-order valence-electron chi connectivity index (χ3n) is 3.21. The minimum atomic E-state index is 0.00673. The Kier molecular flexibility index (Phi) is 3.79. The molecule has 5 heteroatoms. The fourth-order valence-corrected chi connectivity index (χ4v) is 2.93. The van der Waals surface area contributed by atoms with Gasteiger partial charge in [0.1, 0.15) is 0 Å². The van der Waals surface area contributed by atoms with E-state index in [4.69, 9.17) is 34.8 Å². The van der Waals surface area contributed by atoms with Crippen LogP contribution in [0.3, 0.4) is 0 Å². The molecule has 2 heterocycles. The molecule has 2 aromatic heterocycles. The fraction of sp³-hybridized carbons (Fsp3) is 0.0667. The second-order valence-corrected chi connectivity index (χ2v) is 5.67. The first-order chi connectivity index (χ1) is 9.66. The molecule has 0 saturated carbocycles. The number of halogens is 3. The standard InChI is InChI=1S/C15H11Cl3N2/c16-10-7-9(8-11(17)15(10)18)14(12-3-1-5-19-12)13-4-2-6-20-13/h1-8,14,19-20H. The van der Waals surface area contributed by atoms with Gasteiger partial charge in [-0.15, -0.1) is 0 Å². The Morgan fingerprint density at radius 1 is 0.800 bits per heavy atom. The summed E-state index contributed by atoms with van der Waals surface area (Å²) in [5, 5.41) is 1.29. The lowest BCUT2D eigenvalue weighted by molar-refractivity contribution is 0.898. The summed E-state index contributed by atoms with van der Waals surface area (Å²) in [5.41, 5.74) is 3.10. The Labute approximate surface area is 131 Å². The van der Waals surface area contributed by atoms with Crippen LogP contribution in [0.15, 0.2) is 48.8 Å². The third kappa shape index (κ3) is 2.47. The summed E-state index contributed by atoms with van der Waals surface area (Å²) in [6, 6.07) is 11.7. The van der Waals surface area contributed by atoms with Crippen LogP contribution in [0.5, 0.6) is 0 Å². The highest BCUT2D eigenvalue weighted by molar-refractivity contribution is 6.48. The van der Waals surface area contributed by atoms with E-state index in [0.717, 1.165) is 17.0 Å². The van der Waals surface area contributed by atoms with E-state index in [1.165, 1.54) is 0 Å². The van der Waals surface area contributed by atoms with Crippen molar-refractivity contribution in [3.8, 4) is 0 Å². The number of hydrogen-bond acceptors (Lipinski definition) is 0. The normalized spacial score (nSPS) is 11.2. The Balaban J connectivity index is 2.16.